The average molecular weight is 412 g/mol. The molecule has 5 rings (SSSR count). The van der Waals surface area contributed by atoms with Gasteiger partial charge in [-0.1, -0.05) is 30.3 Å². The van der Waals surface area contributed by atoms with Gasteiger partial charge in [0.25, 0.3) is 0 Å². The van der Waals surface area contributed by atoms with Crippen LogP contribution in [0.1, 0.15) is 47.2 Å². The van der Waals surface area contributed by atoms with Crippen LogP contribution in [0.3, 0.4) is 0 Å². The van der Waals surface area contributed by atoms with E-state index in [-0.39, 0.29) is 0 Å². The molecule has 1 atom stereocenters. The molecule has 0 spiro atoms. The van der Waals surface area contributed by atoms with E-state index in [4.69, 9.17) is 14.8 Å². The Hall–Kier alpha value is -3.74. The second-order valence-corrected chi connectivity index (χ2v) is 7.71. The van der Waals surface area contributed by atoms with Gasteiger partial charge >= 0.3 is 0 Å². The summed E-state index contributed by atoms with van der Waals surface area (Å²) in [6.07, 6.45) is 11.6. The Bertz CT molecular complexity index is 1220. The maximum atomic E-state index is 5.55. The van der Waals surface area contributed by atoms with E-state index >= 15 is 0 Å². The van der Waals surface area contributed by atoms with Crippen molar-refractivity contribution in [3.05, 3.63) is 83.6 Å². The Labute approximate surface area is 181 Å². The van der Waals surface area contributed by atoms with Gasteiger partial charge in [-0.25, -0.2) is 19.6 Å². The van der Waals surface area contributed by atoms with Crippen LogP contribution < -0.4 is 4.74 Å². The molecule has 0 saturated heterocycles. The van der Waals surface area contributed by atoms with Crippen LogP contribution in [-0.4, -0.2) is 36.4 Å². The molecule has 0 bridgehead atoms. The van der Waals surface area contributed by atoms with Crippen LogP contribution in [0.15, 0.2) is 55.1 Å². The predicted molar refractivity (Wildman–Crippen MR) is 119 cm³/mol. The number of methoxy groups -OCH3 is 1. The molecule has 7 nitrogen and oxygen atoms in total. The molecule has 0 N–H and O–H groups in total. The highest BCUT2D eigenvalue weighted by molar-refractivity contribution is 5.67. The van der Waals surface area contributed by atoms with Crippen LogP contribution in [0.4, 0.5) is 0 Å². The summed E-state index contributed by atoms with van der Waals surface area (Å²) in [4.78, 5) is 13.7. The summed E-state index contributed by atoms with van der Waals surface area (Å²) in [5, 5.41) is 4.71. The van der Waals surface area contributed by atoms with Crippen LogP contribution in [0.5, 0.6) is 5.75 Å². The van der Waals surface area contributed by atoms with Crippen LogP contribution in [0.25, 0.3) is 18.0 Å². The molecule has 0 saturated carbocycles. The standard InChI is InChI=1S/C24H24N6O/c1-17-15-29(16-26-17)24-21(31-2)13-18(14-25-24)10-11-22-27-23-20(9-6-12-30(23)28-22)19-7-4-3-5-8-19/h3-5,7-8,10-11,13-16,20H,6,9,12H2,1-2H3/b11-10+/t20-/m1/s1. The number of aromatic nitrogens is 6. The lowest BCUT2D eigenvalue weighted by Crippen LogP contribution is -2.17. The fourth-order valence-electron chi connectivity index (χ4n) is 4.04. The van der Waals surface area contributed by atoms with Crippen molar-refractivity contribution >= 4 is 12.2 Å². The van der Waals surface area contributed by atoms with Crippen molar-refractivity contribution in [1.29, 1.82) is 0 Å². The van der Waals surface area contributed by atoms with Crippen LogP contribution in [0.2, 0.25) is 0 Å². The predicted octanol–water partition coefficient (Wildman–Crippen LogP) is 4.27. The van der Waals surface area contributed by atoms with Crippen molar-refractivity contribution in [3.8, 4) is 11.6 Å². The Morgan fingerprint density at radius 1 is 1.13 bits per heavy atom. The lowest BCUT2D eigenvalue weighted by Gasteiger charge is -2.22. The first-order valence-corrected chi connectivity index (χ1v) is 10.4. The second kappa shape index (κ2) is 8.18. The Morgan fingerprint density at radius 2 is 2.00 bits per heavy atom. The first-order valence-electron chi connectivity index (χ1n) is 10.4. The summed E-state index contributed by atoms with van der Waals surface area (Å²) in [5.41, 5.74) is 3.15. The molecule has 0 aliphatic carbocycles. The summed E-state index contributed by atoms with van der Waals surface area (Å²) in [5.74, 6) is 3.44. The van der Waals surface area contributed by atoms with Gasteiger partial charge < -0.3 is 4.74 Å². The van der Waals surface area contributed by atoms with Gasteiger partial charge in [-0.2, -0.15) is 5.10 Å². The highest BCUT2D eigenvalue weighted by Gasteiger charge is 2.25. The number of nitrogens with zero attached hydrogens (tertiary/aromatic N) is 6. The normalized spacial score (nSPS) is 15.9. The average Bonchev–Trinajstić information content (AvgIpc) is 3.43. The van der Waals surface area contributed by atoms with Gasteiger partial charge in [0.15, 0.2) is 17.4 Å². The molecular weight excluding hydrogens is 388 g/mol. The molecule has 1 aliphatic heterocycles. The van der Waals surface area contributed by atoms with E-state index in [2.05, 4.69) is 34.2 Å². The van der Waals surface area contributed by atoms with Crippen molar-refractivity contribution in [1.82, 2.24) is 29.3 Å². The van der Waals surface area contributed by atoms with Crippen molar-refractivity contribution < 1.29 is 4.74 Å². The highest BCUT2D eigenvalue weighted by atomic mass is 16.5. The molecule has 1 aliphatic rings. The highest BCUT2D eigenvalue weighted by Crippen LogP contribution is 2.32. The molecule has 7 heteroatoms. The molecule has 31 heavy (non-hydrogen) atoms. The van der Waals surface area contributed by atoms with E-state index in [9.17, 15) is 0 Å². The molecule has 156 valence electrons. The number of benzene rings is 1. The molecule has 3 aromatic heterocycles. The van der Waals surface area contributed by atoms with Crippen molar-refractivity contribution in [3.63, 3.8) is 0 Å². The van der Waals surface area contributed by atoms with Gasteiger partial charge in [0.05, 0.1) is 12.8 Å². The van der Waals surface area contributed by atoms with Crippen molar-refractivity contribution in [2.45, 2.75) is 32.2 Å². The summed E-state index contributed by atoms with van der Waals surface area (Å²) in [6, 6.07) is 12.5. The number of fused-ring (bicyclic) bond motifs is 1. The lowest BCUT2D eigenvalue weighted by molar-refractivity contribution is 0.410. The number of pyridine rings is 1. The van der Waals surface area contributed by atoms with E-state index < -0.39 is 0 Å². The third-order valence-corrected chi connectivity index (χ3v) is 5.55. The van der Waals surface area contributed by atoms with Crippen molar-refractivity contribution in [2.24, 2.45) is 0 Å². The van der Waals surface area contributed by atoms with Gasteiger partial charge in [-0.15, -0.1) is 0 Å². The summed E-state index contributed by atoms with van der Waals surface area (Å²) in [7, 11) is 1.65. The fourth-order valence-corrected chi connectivity index (χ4v) is 4.04. The van der Waals surface area contributed by atoms with E-state index in [1.807, 2.05) is 52.9 Å². The number of imidazole rings is 1. The molecule has 0 fully saturated rings. The largest absolute Gasteiger partial charge is 0.493 e. The first kappa shape index (κ1) is 19.2. The quantitative estimate of drug-likeness (QED) is 0.489. The molecular formula is C24H24N6O. The summed E-state index contributed by atoms with van der Waals surface area (Å²) in [6.45, 7) is 2.85. The zero-order chi connectivity index (χ0) is 21.2. The van der Waals surface area contributed by atoms with Crippen LogP contribution in [0, 0.1) is 6.92 Å². The number of aryl methyl sites for hydroxylation is 2. The van der Waals surface area contributed by atoms with E-state index in [0.29, 0.717) is 23.3 Å². The van der Waals surface area contributed by atoms with Crippen molar-refractivity contribution in [2.75, 3.05) is 7.11 Å². The maximum absolute atomic E-state index is 5.55. The van der Waals surface area contributed by atoms with Gasteiger partial charge in [0, 0.05) is 24.9 Å². The summed E-state index contributed by atoms with van der Waals surface area (Å²) >= 11 is 0. The molecule has 0 radical (unpaired) electrons. The zero-order valence-corrected chi connectivity index (χ0v) is 17.6. The number of hydrogen-bond acceptors (Lipinski definition) is 5. The van der Waals surface area contributed by atoms with E-state index in [0.717, 1.165) is 36.5 Å². The zero-order valence-electron chi connectivity index (χ0n) is 17.6. The Balaban J connectivity index is 1.41. The van der Waals surface area contributed by atoms with Crippen LogP contribution >= 0.6 is 0 Å². The van der Waals surface area contributed by atoms with Gasteiger partial charge in [0.1, 0.15) is 12.2 Å². The third-order valence-electron chi connectivity index (χ3n) is 5.55. The Morgan fingerprint density at radius 3 is 2.77 bits per heavy atom. The van der Waals surface area contributed by atoms with Gasteiger partial charge in [-0.3, -0.25) is 4.57 Å². The smallest absolute Gasteiger partial charge is 0.180 e. The fraction of sp³-hybridized carbons (Fsp3) is 0.250. The second-order valence-electron chi connectivity index (χ2n) is 7.71. The monoisotopic (exact) mass is 412 g/mol. The SMILES string of the molecule is COc1cc(/C=C/c2nc3n(n2)CCC[C@@H]3c2ccccc2)cnc1-n1cnc(C)c1. The third kappa shape index (κ3) is 3.86. The number of ether oxygens (including phenoxy) is 1. The molecule has 4 heterocycles. The lowest BCUT2D eigenvalue weighted by atomic mass is 9.91. The number of rotatable bonds is 5. The van der Waals surface area contributed by atoms with E-state index in [1.54, 1.807) is 13.4 Å². The molecule has 0 unspecified atom stereocenters. The molecule has 4 aromatic rings. The minimum Gasteiger partial charge on any atom is -0.493 e. The minimum atomic E-state index is 0.296. The molecule has 1 aromatic carbocycles. The minimum absolute atomic E-state index is 0.296. The Kier molecular flexibility index (Phi) is 5.08. The molecule has 0 amide bonds. The first-order chi connectivity index (χ1) is 15.2. The maximum Gasteiger partial charge on any atom is 0.180 e. The van der Waals surface area contributed by atoms with E-state index in [1.165, 1.54) is 5.56 Å². The van der Waals surface area contributed by atoms with Gasteiger partial charge in [0.2, 0.25) is 0 Å². The topological polar surface area (TPSA) is 70.7 Å². The van der Waals surface area contributed by atoms with Gasteiger partial charge in [-0.05, 0) is 49.1 Å². The van der Waals surface area contributed by atoms with Crippen LogP contribution in [-0.2, 0) is 6.54 Å². The summed E-state index contributed by atoms with van der Waals surface area (Å²) < 4.78 is 9.45. The number of hydrogen-bond donors (Lipinski definition) is 0.